The Labute approximate surface area is 97.9 Å². The predicted octanol–water partition coefficient (Wildman–Crippen LogP) is 2.32. The van der Waals surface area contributed by atoms with Crippen LogP contribution in [0.3, 0.4) is 0 Å². The first-order valence-electron chi connectivity index (χ1n) is 4.96. The molecule has 1 fully saturated rings. The number of nitrogens with zero attached hydrogens (tertiary/aromatic N) is 1. The number of amides is 1. The maximum atomic E-state index is 11.7. The highest BCUT2D eigenvalue weighted by Gasteiger charge is 2.29. The van der Waals surface area contributed by atoms with Gasteiger partial charge in [-0.15, -0.1) is 22.9 Å². The standard InChI is InChI=1S/C10H13ClN2OS/c1-5-9(15-6(2)12-5)8(11)10(14)13-7-3-4-7/h7-8H,3-4H2,1-2H3,(H,13,14). The lowest BCUT2D eigenvalue weighted by atomic mass is 10.3. The number of carbonyl (C=O) groups is 1. The van der Waals surface area contributed by atoms with E-state index in [4.69, 9.17) is 11.6 Å². The summed E-state index contributed by atoms with van der Waals surface area (Å²) in [7, 11) is 0. The lowest BCUT2D eigenvalue weighted by Crippen LogP contribution is -2.28. The second kappa shape index (κ2) is 4.10. The zero-order valence-electron chi connectivity index (χ0n) is 8.71. The van der Waals surface area contributed by atoms with Crippen molar-refractivity contribution in [2.24, 2.45) is 0 Å². The molecule has 1 aliphatic rings. The van der Waals surface area contributed by atoms with Gasteiger partial charge in [-0.25, -0.2) is 4.98 Å². The first-order chi connectivity index (χ1) is 7.08. The predicted molar refractivity (Wildman–Crippen MR) is 61.3 cm³/mol. The van der Waals surface area contributed by atoms with Crippen LogP contribution in [0.5, 0.6) is 0 Å². The number of nitrogens with one attached hydrogen (secondary N) is 1. The normalized spacial score (nSPS) is 17.5. The van der Waals surface area contributed by atoms with Crippen molar-refractivity contribution in [2.75, 3.05) is 0 Å². The van der Waals surface area contributed by atoms with Gasteiger partial charge in [0.2, 0.25) is 5.91 Å². The first kappa shape index (κ1) is 10.9. The van der Waals surface area contributed by atoms with E-state index in [0.717, 1.165) is 28.4 Å². The lowest BCUT2D eigenvalue weighted by Gasteiger charge is -2.08. The van der Waals surface area contributed by atoms with Crippen LogP contribution in [-0.2, 0) is 4.79 Å². The van der Waals surface area contributed by atoms with Crippen LogP contribution in [-0.4, -0.2) is 16.9 Å². The molecule has 3 nitrogen and oxygen atoms in total. The molecule has 5 heteroatoms. The summed E-state index contributed by atoms with van der Waals surface area (Å²) in [5.41, 5.74) is 0.864. The van der Waals surface area contributed by atoms with E-state index >= 15 is 0 Å². The number of alkyl halides is 1. The summed E-state index contributed by atoms with van der Waals surface area (Å²) in [6.45, 7) is 3.81. The van der Waals surface area contributed by atoms with Crippen molar-refractivity contribution in [2.45, 2.75) is 38.1 Å². The quantitative estimate of drug-likeness (QED) is 0.830. The largest absolute Gasteiger partial charge is 0.352 e. The summed E-state index contributed by atoms with van der Waals surface area (Å²) < 4.78 is 0. The average molecular weight is 245 g/mol. The van der Waals surface area contributed by atoms with Gasteiger partial charge in [-0.2, -0.15) is 0 Å². The molecule has 1 aromatic rings. The van der Waals surface area contributed by atoms with E-state index in [1.54, 1.807) is 0 Å². The van der Waals surface area contributed by atoms with Crippen LogP contribution in [0.15, 0.2) is 0 Å². The van der Waals surface area contributed by atoms with Gasteiger partial charge in [0, 0.05) is 6.04 Å². The van der Waals surface area contributed by atoms with E-state index in [9.17, 15) is 4.79 Å². The molecule has 15 heavy (non-hydrogen) atoms. The van der Waals surface area contributed by atoms with Crippen LogP contribution in [0.25, 0.3) is 0 Å². The molecule has 1 aromatic heterocycles. The summed E-state index contributed by atoms with van der Waals surface area (Å²) >= 11 is 7.60. The van der Waals surface area contributed by atoms with Crippen molar-refractivity contribution in [3.8, 4) is 0 Å². The van der Waals surface area contributed by atoms with Crippen molar-refractivity contribution in [3.05, 3.63) is 15.6 Å². The topological polar surface area (TPSA) is 42.0 Å². The Balaban J connectivity index is 2.08. The minimum atomic E-state index is -0.586. The number of rotatable bonds is 3. The molecule has 82 valence electrons. The SMILES string of the molecule is Cc1nc(C)c(C(Cl)C(=O)NC2CC2)s1. The molecule has 0 aliphatic heterocycles. The molecule has 0 saturated heterocycles. The maximum absolute atomic E-state index is 11.7. The van der Waals surface area contributed by atoms with E-state index in [2.05, 4.69) is 10.3 Å². The minimum Gasteiger partial charge on any atom is -0.352 e. The number of hydrogen-bond donors (Lipinski definition) is 1. The van der Waals surface area contributed by atoms with Gasteiger partial charge in [0.15, 0.2) is 0 Å². The maximum Gasteiger partial charge on any atom is 0.243 e. The van der Waals surface area contributed by atoms with Crippen LogP contribution >= 0.6 is 22.9 Å². The number of aromatic nitrogens is 1. The first-order valence-corrected chi connectivity index (χ1v) is 6.21. The molecular weight excluding hydrogens is 232 g/mol. The Kier molecular flexibility index (Phi) is 2.98. The van der Waals surface area contributed by atoms with Crippen LogP contribution in [0.1, 0.15) is 33.8 Å². The summed E-state index contributed by atoms with van der Waals surface area (Å²) in [5, 5.41) is 3.26. The summed E-state index contributed by atoms with van der Waals surface area (Å²) in [6.07, 6.45) is 2.16. The molecule has 0 spiro atoms. The fourth-order valence-corrected chi connectivity index (χ4v) is 2.66. The van der Waals surface area contributed by atoms with Crippen molar-refractivity contribution < 1.29 is 4.79 Å². The van der Waals surface area contributed by atoms with Crippen LogP contribution in [0.4, 0.5) is 0 Å². The second-order valence-corrected chi connectivity index (χ2v) is 5.50. The monoisotopic (exact) mass is 244 g/mol. The van der Waals surface area contributed by atoms with E-state index in [0.29, 0.717) is 6.04 Å². The second-order valence-electron chi connectivity index (χ2n) is 3.83. The Hall–Kier alpha value is -0.610. The highest BCUT2D eigenvalue weighted by molar-refractivity contribution is 7.12. The fourth-order valence-electron chi connectivity index (χ4n) is 1.40. The number of thiazole rings is 1. The van der Waals surface area contributed by atoms with Gasteiger partial charge >= 0.3 is 0 Å². The Morgan fingerprint density at radius 2 is 2.27 bits per heavy atom. The number of hydrogen-bond acceptors (Lipinski definition) is 3. The number of carbonyl (C=O) groups excluding carboxylic acids is 1. The third-order valence-electron chi connectivity index (χ3n) is 2.32. The molecule has 1 heterocycles. The molecule has 1 atom stereocenters. The molecule has 0 bridgehead atoms. The highest BCUT2D eigenvalue weighted by Crippen LogP contribution is 2.30. The van der Waals surface area contributed by atoms with Crippen LogP contribution in [0, 0.1) is 13.8 Å². The molecule has 0 radical (unpaired) electrons. The number of aryl methyl sites for hydroxylation is 2. The third-order valence-corrected chi connectivity index (χ3v) is 4.01. The molecule has 1 aliphatic carbocycles. The van der Waals surface area contributed by atoms with Gasteiger partial charge < -0.3 is 5.32 Å². The van der Waals surface area contributed by atoms with Crippen LogP contribution < -0.4 is 5.32 Å². The third kappa shape index (κ3) is 2.49. The van der Waals surface area contributed by atoms with Gasteiger partial charge in [-0.05, 0) is 26.7 Å². The zero-order chi connectivity index (χ0) is 11.0. The fraction of sp³-hybridized carbons (Fsp3) is 0.600. The molecule has 1 unspecified atom stereocenters. The Bertz CT molecular complexity index is 387. The van der Waals surface area contributed by atoms with E-state index < -0.39 is 5.38 Å². The molecule has 0 aromatic carbocycles. The van der Waals surface area contributed by atoms with Gasteiger partial charge in [0.1, 0.15) is 5.38 Å². The average Bonchev–Trinajstić information content (AvgIpc) is 2.90. The Morgan fingerprint density at radius 1 is 1.60 bits per heavy atom. The van der Waals surface area contributed by atoms with Crippen LogP contribution in [0.2, 0.25) is 0 Å². The highest BCUT2D eigenvalue weighted by atomic mass is 35.5. The zero-order valence-corrected chi connectivity index (χ0v) is 10.3. The van der Waals surface area contributed by atoms with Gasteiger partial charge in [-0.1, -0.05) is 0 Å². The summed E-state index contributed by atoms with van der Waals surface area (Å²) in [5.74, 6) is -0.0917. The van der Waals surface area contributed by atoms with E-state index in [1.807, 2.05) is 13.8 Å². The smallest absolute Gasteiger partial charge is 0.243 e. The van der Waals surface area contributed by atoms with Crippen molar-refractivity contribution >= 4 is 28.8 Å². The summed E-state index contributed by atoms with van der Waals surface area (Å²) in [6, 6.07) is 0.355. The van der Waals surface area contributed by atoms with Crippen molar-refractivity contribution in [1.29, 1.82) is 0 Å². The van der Waals surface area contributed by atoms with Gasteiger partial charge in [-0.3, -0.25) is 4.79 Å². The van der Waals surface area contributed by atoms with Gasteiger partial charge in [0.05, 0.1) is 15.6 Å². The molecule has 2 rings (SSSR count). The molecule has 1 saturated carbocycles. The van der Waals surface area contributed by atoms with E-state index in [-0.39, 0.29) is 5.91 Å². The van der Waals surface area contributed by atoms with Crippen molar-refractivity contribution in [1.82, 2.24) is 10.3 Å². The van der Waals surface area contributed by atoms with Crippen molar-refractivity contribution in [3.63, 3.8) is 0 Å². The molecule has 1 amide bonds. The Morgan fingerprint density at radius 3 is 2.73 bits per heavy atom. The molecular formula is C10H13ClN2OS. The lowest BCUT2D eigenvalue weighted by molar-refractivity contribution is -0.120. The summed E-state index contributed by atoms with van der Waals surface area (Å²) in [4.78, 5) is 16.8. The number of halogens is 1. The molecule has 1 N–H and O–H groups in total. The van der Waals surface area contributed by atoms with Gasteiger partial charge in [0.25, 0.3) is 0 Å². The van der Waals surface area contributed by atoms with E-state index in [1.165, 1.54) is 11.3 Å². The minimum absolute atomic E-state index is 0.0917.